The van der Waals surface area contributed by atoms with Gasteiger partial charge in [-0.1, -0.05) is 123 Å². The standard InChI is InChI=1S/C39H29N/c1-24-16-19-31-32(22-24)37(26-17-20-28-27-11-7-8-14-33(27)39(2,3)34(28)23-26)29-12-5-6-13-30(29)38(31)36-21-18-25-10-4-9-15-35(25)40-36/h4-23H,1-3H3. The number of hydrogen-bond acceptors (Lipinski definition) is 1. The highest BCUT2D eigenvalue weighted by Gasteiger charge is 2.35. The van der Waals surface area contributed by atoms with Gasteiger partial charge in [-0.15, -0.1) is 0 Å². The van der Waals surface area contributed by atoms with Crippen molar-refractivity contribution in [2.45, 2.75) is 26.2 Å². The quantitative estimate of drug-likeness (QED) is 0.210. The Bertz CT molecular complexity index is 2150. The zero-order valence-corrected chi connectivity index (χ0v) is 23.0. The molecule has 0 spiro atoms. The van der Waals surface area contributed by atoms with Gasteiger partial charge in [0.2, 0.25) is 0 Å². The minimum atomic E-state index is -0.0432. The number of pyridine rings is 1. The largest absolute Gasteiger partial charge is 0.248 e. The number of rotatable bonds is 2. The van der Waals surface area contributed by atoms with Gasteiger partial charge in [0.15, 0.2) is 0 Å². The summed E-state index contributed by atoms with van der Waals surface area (Å²) in [5, 5.41) is 6.18. The summed E-state index contributed by atoms with van der Waals surface area (Å²) in [5.41, 5.74) is 12.5. The Morgan fingerprint density at radius 3 is 2.10 bits per heavy atom. The van der Waals surface area contributed by atoms with E-state index in [4.69, 9.17) is 4.98 Å². The number of benzene rings is 6. The average molecular weight is 512 g/mol. The van der Waals surface area contributed by atoms with Crippen molar-refractivity contribution in [1.29, 1.82) is 0 Å². The lowest BCUT2D eigenvalue weighted by Gasteiger charge is -2.23. The predicted octanol–water partition coefficient (Wildman–Crippen LogP) is 10.5. The van der Waals surface area contributed by atoms with Gasteiger partial charge >= 0.3 is 0 Å². The second-order valence-corrected chi connectivity index (χ2v) is 11.7. The predicted molar refractivity (Wildman–Crippen MR) is 170 cm³/mol. The summed E-state index contributed by atoms with van der Waals surface area (Å²) in [7, 11) is 0. The Kier molecular flexibility index (Phi) is 4.85. The van der Waals surface area contributed by atoms with Crippen molar-refractivity contribution in [3.05, 3.63) is 138 Å². The highest BCUT2D eigenvalue weighted by Crippen LogP contribution is 2.51. The van der Waals surface area contributed by atoms with Crippen LogP contribution in [0.4, 0.5) is 0 Å². The number of hydrogen-bond donors (Lipinski definition) is 0. The first-order valence-corrected chi connectivity index (χ1v) is 14.1. The summed E-state index contributed by atoms with van der Waals surface area (Å²) in [6.07, 6.45) is 0. The summed E-state index contributed by atoms with van der Waals surface area (Å²) >= 11 is 0. The van der Waals surface area contributed by atoms with Gasteiger partial charge in [-0.25, -0.2) is 4.98 Å². The van der Waals surface area contributed by atoms with Crippen molar-refractivity contribution in [2.24, 2.45) is 0 Å². The van der Waals surface area contributed by atoms with Crippen LogP contribution in [0, 0.1) is 6.92 Å². The molecule has 0 N–H and O–H groups in total. The molecule has 40 heavy (non-hydrogen) atoms. The Hall–Kier alpha value is -4.75. The molecule has 0 radical (unpaired) electrons. The SMILES string of the molecule is Cc1ccc2c(-c3ccc4ccccc4n3)c3ccccc3c(-c3ccc4c(c3)C(C)(C)c3ccccc3-4)c2c1. The maximum atomic E-state index is 5.16. The van der Waals surface area contributed by atoms with Crippen LogP contribution in [0.25, 0.3) is 66.0 Å². The van der Waals surface area contributed by atoms with Crippen LogP contribution in [0.3, 0.4) is 0 Å². The van der Waals surface area contributed by atoms with E-state index in [2.05, 4.69) is 142 Å². The Balaban J connectivity index is 1.46. The molecule has 1 nitrogen and oxygen atoms in total. The van der Waals surface area contributed by atoms with Crippen LogP contribution < -0.4 is 0 Å². The first-order valence-electron chi connectivity index (χ1n) is 14.1. The molecule has 7 aromatic rings. The molecule has 0 fully saturated rings. The molecule has 1 heterocycles. The van der Waals surface area contributed by atoms with Gasteiger partial charge in [-0.3, -0.25) is 0 Å². The van der Waals surface area contributed by atoms with E-state index in [1.165, 1.54) is 66.1 Å². The number of aryl methyl sites for hydroxylation is 1. The summed E-state index contributed by atoms with van der Waals surface area (Å²) in [5.74, 6) is 0. The van der Waals surface area contributed by atoms with Gasteiger partial charge in [0.1, 0.15) is 0 Å². The van der Waals surface area contributed by atoms with Gasteiger partial charge in [0, 0.05) is 16.4 Å². The Morgan fingerprint density at radius 2 is 1.23 bits per heavy atom. The maximum Gasteiger partial charge on any atom is 0.0722 e. The monoisotopic (exact) mass is 511 g/mol. The van der Waals surface area contributed by atoms with E-state index in [-0.39, 0.29) is 5.41 Å². The number of aromatic nitrogens is 1. The van der Waals surface area contributed by atoms with Crippen molar-refractivity contribution in [3.8, 4) is 33.5 Å². The molecule has 0 amide bonds. The van der Waals surface area contributed by atoms with Gasteiger partial charge in [-0.2, -0.15) is 0 Å². The average Bonchev–Trinajstić information content (AvgIpc) is 3.21. The molecule has 8 rings (SSSR count). The highest BCUT2D eigenvalue weighted by molar-refractivity contribution is 6.21. The molecule has 1 aliphatic rings. The van der Waals surface area contributed by atoms with Gasteiger partial charge in [0.05, 0.1) is 11.2 Å². The molecule has 0 bridgehead atoms. The maximum absolute atomic E-state index is 5.16. The molecule has 6 aromatic carbocycles. The molecule has 1 heteroatoms. The second-order valence-electron chi connectivity index (χ2n) is 11.7. The van der Waals surface area contributed by atoms with Crippen LogP contribution in [0.5, 0.6) is 0 Å². The molecular formula is C39H29N. The van der Waals surface area contributed by atoms with Crippen molar-refractivity contribution >= 4 is 32.4 Å². The van der Waals surface area contributed by atoms with Gasteiger partial charge < -0.3 is 0 Å². The first-order chi connectivity index (χ1) is 19.5. The van der Waals surface area contributed by atoms with Gasteiger partial charge in [-0.05, 0) is 80.0 Å². The molecule has 0 saturated carbocycles. The molecule has 190 valence electrons. The summed E-state index contributed by atoms with van der Waals surface area (Å²) < 4.78 is 0. The highest BCUT2D eigenvalue weighted by atomic mass is 14.7. The Labute approximate surface area is 234 Å². The van der Waals surface area contributed by atoms with E-state index >= 15 is 0 Å². The van der Waals surface area contributed by atoms with E-state index in [1.807, 2.05) is 0 Å². The Morgan fingerprint density at radius 1 is 0.525 bits per heavy atom. The molecule has 1 aliphatic carbocycles. The van der Waals surface area contributed by atoms with Crippen LogP contribution in [-0.2, 0) is 5.41 Å². The van der Waals surface area contributed by atoms with Crippen LogP contribution in [-0.4, -0.2) is 4.98 Å². The van der Waals surface area contributed by atoms with E-state index in [9.17, 15) is 0 Å². The topological polar surface area (TPSA) is 12.9 Å². The lowest BCUT2D eigenvalue weighted by molar-refractivity contribution is 0.660. The number of fused-ring (bicyclic) bond motifs is 6. The zero-order chi connectivity index (χ0) is 27.0. The summed E-state index contributed by atoms with van der Waals surface area (Å²) in [4.78, 5) is 5.16. The van der Waals surface area contributed by atoms with Crippen molar-refractivity contribution in [2.75, 3.05) is 0 Å². The van der Waals surface area contributed by atoms with Crippen LogP contribution in [0.15, 0.2) is 121 Å². The molecule has 1 aromatic heterocycles. The van der Waals surface area contributed by atoms with Crippen LogP contribution in [0.2, 0.25) is 0 Å². The van der Waals surface area contributed by atoms with Crippen molar-refractivity contribution in [1.82, 2.24) is 4.98 Å². The normalized spacial score (nSPS) is 13.6. The summed E-state index contributed by atoms with van der Waals surface area (Å²) in [6.45, 7) is 6.90. The lowest BCUT2D eigenvalue weighted by Crippen LogP contribution is -2.14. The zero-order valence-electron chi connectivity index (χ0n) is 23.0. The van der Waals surface area contributed by atoms with E-state index in [0.29, 0.717) is 0 Å². The van der Waals surface area contributed by atoms with E-state index in [1.54, 1.807) is 0 Å². The molecule has 0 atom stereocenters. The lowest BCUT2D eigenvalue weighted by atomic mass is 9.80. The minimum absolute atomic E-state index is 0.0432. The third-order valence-corrected chi connectivity index (χ3v) is 8.91. The molecule has 0 unspecified atom stereocenters. The summed E-state index contributed by atoms with van der Waals surface area (Å²) in [6, 6.07) is 44.5. The van der Waals surface area contributed by atoms with Crippen LogP contribution >= 0.6 is 0 Å². The van der Waals surface area contributed by atoms with Crippen molar-refractivity contribution < 1.29 is 0 Å². The third kappa shape index (κ3) is 3.24. The number of para-hydroxylation sites is 1. The fraction of sp³-hybridized carbons (Fsp3) is 0.103. The second kappa shape index (κ2) is 8.37. The smallest absolute Gasteiger partial charge is 0.0722 e. The van der Waals surface area contributed by atoms with Gasteiger partial charge in [0.25, 0.3) is 0 Å². The van der Waals surface area contributed by atoms with Crippen LogP contribution in [0.1, 0.15) is 30.5 Å². The fourth-order valence-electron chi connectivity index (χ4n) is 6.94. The third-order valence-electron chi connectivity index (χ3n) is 8.91. The fourth-order valence-corrected chi connectivity index (χ4v) is 6.94. The van der Waals surface area contributed by atoms with E-state index in [0.717, 1.165) is 16.6 Å². The molecule has 0 saturated heterocycles. The first kappa shape index (κ1) is 23.2. The number of nitrogens with zero attached hydrogens (tertiary/aromatic N) is 1. The molecule has 0 aliphatic heterocycles. The minimum Gasteiger partial charge on any atom is -0.248 e. The van der Waals surface area contributed by atoms with Crippen molar-refractivity contribution in [3.63, 3.8) is 0 Å². The molecular weight excluding hydrogens is 482 g/mol. The van der Waals surface area contributed by atoms with E-state index < -0.39 is 0 Å².